The van der Waals surface area contributed by atoms with Gasteiger partial charge in [-0.05, 0) is 22.4 Å². The second kappa shape index (κ2) is 5.75. The Bertz CT molecular complexity index is 339. The lowest BCUT2D eigenvalue weighted by Gasteiger charge is -2.23. The van der Waals surface area contributed by atoms with Crippen LogP contribution in [0.5, 0.6) is 0 Å². The van der Waals surface area contributed by atoms with Crippen LogP contribution < -0.4 is 5.73 Å². The molecule has 1 unspecified atom stereocenters. The van der Waals surface area contributed by atoms with Gasteiger partial charge in [-0.1, -0.05) is 6.92 Å². The lowest BCUT2D eigenvalue weighted by Crippen LogP contribution is -2.33. The van der Waals surface area contributed by atoms with Crippen molar-refractivity contribution in [2.75, 3.05) is 20.3 Å². The zero-order chi connectivity index (χ0) is 12.2. The molecule has 1 rings (SSSR count). The number of halogens is 2. The summed E-state index contributed by atoms with van der Waals surface area (Å²) in [6.07, 6.45) is 1.91. The van der Waals surface area contributed by atoms with Gasteiger partial charge in [0.15, 0.2) is 5.67 Å². The lowest BCUT2D eigenvalue weighted by atomic mass is 9.99. The molecule has 1 aromatic heterocycles. The molecule has 0 aliphatic carbocycles. The highest BCUT2D eigenvalue weighted by Gasteiger charge is 2.34. The number of aromatic nitrogens is 2. The maximum Gasteiger partial charge on any atom is 0.165 e. The molecule has 0 fully saturated rings. The van der Waals surface area contributed by atoms with E-state index in [0.29, 0.717) is 29.7 Å². The monoisotopic (exact) mass is 293 g/mol. The van der Waals surface area contributed by atoms with E-state index in [0.717, 1.165) is 0 Å². The average molecular weight is 294 g/mol. The van der Waals surface area contributed by atoms with Crippen molar-refractivity contribution in [3.05, 3.63) is 16.4 Å². The first-order valence-electron chi connectivity index (χ1n) is 5.18. The van der Waals surface area contributed by atoms with Crippen molar-refractivity contribution in [2.24, 2.45) is 5.73 Å². The summed E-state index contributed by atoms with van der Waals surface area (Å²) in [7, 11) is 1.60. The summed E-state index contributed by atoms with van der Waals surface area (Å²) in [5.41, 5.74) is 4.46. The summed E-state index contributed by atoms with van der Waals surface area (Å²) in [4.78, 5) is 0. The van der Waals surface area contributed by atoms with Gasteiger partial charge >= 0.3 is 0 Å². The van der Waals surface area contributed by atoms with E-state index in [4.69, 9.17) is 10.5 Å². The van der Waals surface area contributed by atoms with Crippen LogP contribution >= 0.6 is 15.9 Å². The normalized spacial score (nSPS) is 15.1. The Hall–Kier alpha value is -0.460. The molecule has 0 radical (unpaired) electrons. The minimum absolute atomic E-state index is 0.0548. The molecule has 0 aliphatic heterocycles. The number of hydrogen-bond donors (Lipinski definition) is 1. The van der Waals surface area contributed by atoms with Crippen LogP contribution in [-0.4, -0.2) is 30.0 Å². The molecule has 0 spiro atoms. The van der Waals surface area contributed by atoms with Gasteiger partial charge in [0.1, 0.15) is 0 Å². The summed E-state index contributed by atoms with van der Waals surface area (Å²) >= 11 is 3.31. The van der Waals surface area contributed by atoms with Crippen molar-refractivity contribution < 1.29 is 9.13 Å². The van der Waals surface area contributed by atoms with Gasteiger partial charge in [0.25, 0.3) is 0 Å². The van der Waals surface area contributed by atoms with Crippen molar-refractivity contribution in [1.29, 1.82) is 0 Å². The van der Waals surface area contributed by atoms with E-state index in [1.165, 1.54) is 0 Å². The molecule has 4 nitrogen and oxygen atoms in total. The van der Waals surface area contributed by atoms with Crippen LogP contribution in [0.4, 0.5) is 4.39 Å². The predicted molar refractivity (Wildman–Crippen MR) is 63.9 cm³/mol. The molecule has 92 valence electrons. The highest BCUT2D eigenvalue weighted by Crippen LogP contribution is 2.33. The first kappa shape index (κ1) is 13.6. The van der Waals surface area contributed by atoms with Crippen molar-refractivity contribution in [2.45, 2.75) is 25.6 Å². The Labute approximate surface area is 103 Å². The molecule has 16 heavy (non-hydrogen) atoms. The third-order valence-corrected chi connectivity index (χ3v) is 3.19. The smallest absolute Gasteiger partial charge is 0.165 e. The van der Waals surface area contributed by atoms with E-state index in [9.17, 15) is 4.39 Å². The highest BCUT2D eigenvalue weighted by molar-refractivity contribution is 9.10. The number of nitrogens with zero attached hydrogens (tertiary/aromatic N) is 2. The fourth-order valence-corrected chi connectivity index (χ4v) is 2.22. The zero-order valence-electron chi connectivity index (χ0n) is 9.54. The van der Waals surface area contributed by atoms with Gasteiger partial charge in [0.05, 0.1) is 29.5 Å². The quantitative estimate of drug-likeness (QED) is 0.871. The molecule has 1 atom stereocenters. The number of hydrogen-bond acceptors (Lipinski definition) is 3. The van der Waals surface area contributed by atoms with Gasteiger partial charge in [-0.3, -0.25) is 4.68 Å². The maximum atomic E-state index is 14.5. The Morgan fingerprint density at radius 3 is 2.88 bits per heavy atom. The van der Waals surface area contributed by atoms with Crippen molar-refractivity contribution in [3.8, 4) is 0 Å². The highest BCUT2D eigenvalue weighted by atomic mass is 79.9. The number of rotatable bonds is 6. The molecule has 0 aromatic carbocycles. The van der Waals surface area contributed by atoms with Crippen LogP contribution in [0.1, 0.15) is 19.0 Å². The Balaban J connectivity index is 3.04. The average Bonchev–Trinajstić information content (AvgIpc) is 2.67. The molecule has 6 heteroatoms. The molecule has 1 aromatic rings. The molecule has 0 saturated heterocycles. The molecule has 0 saturated carbocycles. The topological polar surface area (TPSA) is 53.1 Å². The fourth-order valence-electron chi connectivity index (χ4n) is 1.56. The second-order valence-electron chi connectivity index (χ2n) is 3.58. The summed E-state index contributed by atoms with van der Waals surface area (Å²) in [6.45, 7) is 2.72. The van der Waals surface area contributed by atoms with Crippen molar-refractivity contribution >= 4 is 15.9 Å². The molecule has 0 bridgehead atoms. The fraction of sp³-hybridized carbons (Fsp3) is 0.700. The molecular weight excluding hydrogens is 277 g/mol. The molecular formula is C10H17BrFN3O. The minimum Gasteiger partial charge on any atom is -0.383 e. The third-order valence-electron chi connectivity index (χ3n) is 2.61. The molecule has 0 amide bonds. The van der Waals surface area contributed by atoms with Crippen molar-refractivity contribution in [1.82, 2.24) is 9.78 Å². The Morgan fingerprint density at radius 2 is 2.38 bits per heavy atom. The summed E-state index contributed by atoms with van der Waals surface area (Å²) in [6, 6.07) is 0. The number of methoxy groups -OCH3 is 1. The third kappa shape index (κ3) is 2.61. The largest absolute Gasteiger partial charge is 0.383 e. The molecule has 1 heterocycles. The number of alkyl halides is 1. The van der Waals surface area contributed by atoms with Gasteiger partial charge in [-0.15, -0.1) is 0 Å². The first-order valence-corrected chi connectivity index (χ1v) is 5.98. The van der Waals surface area contributed by atoms with E-state index in [2.05, 4.69) is 21.0 Å². The van der Waals surface area contributed by atoms with Gasteiger partial charge in [-0.25, -0.2) is 4.39 Å². The maximum absolute atomic E-state index is 14.5. The van der Waals surface area contributed by atoms with Crippen LogP contribution in [0.25, 0.3) is 0 Å². The van der Waals surface area contributed by atoms with Crippen LogP contribution in [0.2, 0.25) is 0 Å². The van der Waals surface area contributed by atoms with E-state index < -0.39 is 5.67 Å². The first-order chi connectivity index (χ1) is 7.59. The van der Waals surface area contributed by atoms with Gasteiger partial charge in [0.2, 0.25) is 0 Å². The van der Waals surface area contributed by atoms with Crippen LogP contribution in [0, 0.1) is 0 Å². The minimum atomic E-state index is -1.54. The number of ether oxygens (including phenoxy) is 1. The summed E-state index contributed by atoms with van der Waals surface area (Å²) < 4.78 is 21.7. The Morgan fingerprint density at radius 1 is 1.69 bits per heavy atom. The SMILES string of the molecule is CCC(F)(CN)c1c(Br)cnn1CCOC. The van der Waals surface area contributed by atoms with Gasteiger partial charge in [-0.2, -0.15) is 5.10 Å². The Kier molecular flexibility index (Phi) is 4.89. The van der Waals surface area contributed by atoms with Crippen LogP contribution in [0.15, 0.2) is 10.7 Å². The van der Waals surface area contributed by atoms with Crippen LogP contribution in [-0.2, 0) is 17.0 Å². The van der Waals surface area contributed by atoms with E-state index in [-0.39, 0.29) is 6.54 Å². The summed E-state index contributed by atoms with van der Waals surface area (Å²) in [5.74, 6) is 0. The van der Waals surface area contributed by atoms with E-state index in [1.54, 1.807) is 24.9 Å². The number of nitrogens with two attached hydrogens (primary N) is 1. The molecule has 0 aliphatic rings. The zero-order valence-corrected chi connectivity index (χ0v) is 11.1. The van der Waals surface area contributed by atoms with Crippen molar-refractivity contribution in [3.63, 3.8) is 0 Å². The molecule has 2 N–H and O–H groups in total. The standard InChI is InChI=1S/C10H17BrFN3O/c1-3-10(12,7-13)9-8(11)6-14-15(9)4-5-16-2/h6H,3-5,7,13H2,1-2H3. The lowest BCUT2D eigenvalue weighted by molar-refractivity contribution is 0.141. The second-order valence-corrected chi connectivity index (χ2v) is 4.43. The van der Waals surface area contributed by atoms with Gasteiger partial charge in [0, 0.05) is 13.7 Å². The van der Waals surface area contributed by atoms with Gasteiger partial charge < -0.3 is 10.5 Å². The predicted octanol–water partition coefficient (Wildman–Crippen LogP) is 1.83. The van der Waals surface area contributed by atoms with E-state index in [1.807, 2.05) is 0 Å². The summed E-state index contributed by atoms with van der Waals surface area (Å²) in [5, 5.41) is 4.11. The van der Waals surface area contributed by atoms with E-state index >= 15 is 0 Å². The van der Waals surface area contributed by atoms with Crippen LogP contribution in [0.3, 0.4) is 0 Å².